The fraction of sp³-hybridized carbons (Fsp3) is 0.294. The van der Waals surface area contributed by atoms with Crippen molar-refractivity contribution in [3.05, 3.63) is 62.5 Å². The van der Waals surface area contributed by atoms with E-state index in [1.165, 1.54) is 10.4 Å². The first-order valence-corrected chi connectivity index (χ1v) is 7.90. The van der Waals surface area contributed by atoms with Crippen molar-refractivity contribution in [3.8, 4) is 0 Å². The molecule has 0 N–H and O–H groups in total. The summed E-state index contributed by atoms with van der Waals surface area (Å²) in [6.45, 7) is 6.64. The second-order valence-electron chi connectivity index (χ2n) is 5.31. The Morgan fingerprint density at radius 3 is 2.57 bits per heavy atom. The Morgan fingerprint density at radius 2 is 1.86 bits per heavy atom. The van der Waals surface area contributed by atoms with Gasteiger partial charge < -0.3 is 0 Å². The van der Waals surface area contributed by atoms with Gasteiger partial charge in [0.2, 0.25) is 0 Å². The van der Waals surface area contributed by atoms with Crippen LogP contribution in [0.3, 0.4) is 0 Å². The number of thiophene rings is 1. The first kappa shape index (κ1) is 14.0. The standard InChI is InChI=1S/C17H18N2OS/c1-11-12(2)21-16-15(11)17(20)19(13(3)18-16)10-9-14-7-5-4-6-8-14/h4-8H,9-10H2,1-3H3. The van der Waals surface area contributed by atoms with Gasteiger partial charge in [-0.25, -0.2) is 4.98 Å². The van der Waals surface area contributed by atoms with Gasteiger partial charge in [0.05, 0.1) is 5.39 Å². The highest BCUT2D eigenvalue weighted by molar-refractivity contribution is 7.18. The molecule has 3 aromatic rings. The molecule has 3 nitrogen and oxygen atoms in total. The molecule has 0 atom stereocenters. The maximum Gasteiger partial charge on any atom is 0.262 e. The normalized spacial score (nSPS) is 11.2. The molecule has 0 saturated heterocycles. The maximum atomic E-state index is 12.7. The average molecular weight is 298 g/mol. The molecule has 0 unspecified atom stereocenters. The van der Waals surface area contributed by atoms with Crippen molar-refractivity contribution in [2.24, 2.45) is 0 Å². The van der Waals surface area contributed by atoms with Gasteiger partial charge in [-0.3, -0.25) is 9.36 Å². The fourth-order valence-corrected chi connectivity index (χ4v) is 3.64. The third-order valence-corrected chi connectivity index (χ3v) is 5.05. The Bertz CT molecular complexity index is 847. The van der Waals surface area contributed by atoms with Gasteiger partial charge in [-0.1, -0.05) is 30.3 Å². The lowest BCUT2D eigenvalue weighted by Gasteiger charge is -2.09. The number of aromatic nitrogens is 2. The molecule has 0 saturated carbocycles. The molecule has 2 heterocycles. The van der Waals surface area contributed by atoms with Gasteiger partial charge in [-0.2, -0.15) is 0 Å². The van der Waals surface area contributed by atoms with Crippen LogP contribution >= 0.6 is 11.3 Å². The van der Waals surface area contributed by atoms with Gasteiger partial charge in [0, 0.05) is 11.4 Å². The minimum absolute atomic E-state index is 0.0929. The zero-order chi connectivity index (χ0) is 15.0. The van der Waals surface area contributed by atoms with E-state index in [9.17, 15) is 4.79 Å². The van der Waals surface area contributed by atoms with E-state index in [0.717, 1.165) is 28.0 Å². The van der Waals surface area contributed by atoms with Crippen LogP contribution in [-0.4, -0.2) is 9.55 Å². The van der Waals surface area contributed by atoms with E-state index in [1.54, 1.807) is 15.9 Å². The van der Waals surface area contributed by atoms with E-state index in [-0.39, 0.29) is 5.56 Å². The van der Waals surface area contributed by atoms with Crippen LogP contribution in [0.25, 0.3) is 10.2 Å². The molecule has 0 bridgehead atoms. The third kappa shape index (κ3) is 2.51. The number of nitrogens with zero attached hydrogens (tertiary/aromatic N) is 2. The lowest BCUT2D eigenvalue weighted by atomic mass is 10.1. The molecule has 0 aliphatic heterocycles. The Morgan fingerprint density at radius 1 is 1.14 bits per heavy atom. The second kappa shape index (κ2) is 5.45. The molecule has 108 valence electrons. The Labute approximate surface area is 127 Å². The van der Waals surface area contributed by atoms with E-state index in [4.69, 9.17) is 0 Å². The fourth-order valence-electron chi connectivity index (χ4n) is 2.58. The molecule has 4 heteroatoms. The molecule has 21 heavy (non-hydrogen) atoms. The molecule has 0 aliphatic carbocycles. The monoisotopic (exact) mass is 298 g/mol. The van der Waals surface area contributed by atoms with Crippen molar-refractivity contribution < 1.29 is 0 Å². The molecule has 0 spiro atoms. The van der Waals surface area contributed by atoms with E-state index in [1.807, 2.05) is 39.0 Å². The van der Waals surface area contributed by atoms with Crippen LogP contribution in [0.1, 0.15) is 21.8 Å². The Kier molecular flexibility index (Phi) is 3.64. The molecule has 2 aromatic heterocycles. The van der Waals surface area contributed by atoms with Crippen LogP contribution < -0.4 is 5.56 Å². The summed E-state index contributed by atoms with van der Waals surface area (Å²) in [5.41, 5.74) is 2.40. The highest BCUT2D eigenvalue weighted by atomic mass is 32.1. The van der Waals surface area contributed by atoms with Crippen molar-refractivity contribution in [1.29, 1.82) is 0 Å². The lowest BCUT2D eigenvalue weighted by molar-refractivity contribution is 0.639. The summed E-state index contributed by atoms with van der Waals surface area (Å²) >= 11 is 1.61. The van der Waals surface area contributed by atoms with Crippen molar-refractivity contribution in [2.45, 2.75) is 33.7 Å². The molecule has 3 rings (SSSR count). The van der Waals surface area contributed by atoms with Crippen LogP contribution in [0.2, 0.25) is 0 Å². The number of hydrogen-bond acceptors (Lipinski definition) is 3. The summed E-state index contributed by atoms with van der Waals surface area (Å²) in [5, 5.41) is 0.788. The molecule has 0 amide bonds. The summed E-state index contributed by atoms with van der Waals surface area (Å²) in [6, 6.07) is 10.2. The largest absolute Gasteiger partial charge is 0.296 e. The van der Waals surface area contributed by atoms with E-state index < -0.39 is 0 Å². The number of rotatable bonds is 3. The van der Waals surface area contributed by atoms with Crippen molar-refractivity contribution in [1.82, 2.24) is 9.55 Å². The third-order valence-electron chi connectivity index (χ3n) is 3.95. The van der Waals surface area contributed by atoms with Gasteiger partial charge in [0.15, 0.2) is 0 Å². The molecule has 0 aliphatic rings. The van der Waals surface area contributed by atoms with Gasteiger partial charge in [0.1, 0.15) is 10.7 Å². The predicted molar refractivity (Wildman–Crippen MR) is 88.2 cm³/mol. The molecule has 1 aromatic carbocycles. The van der Waals surface area contributed by atoms with Crippen molar-refractivity contribution >= 4 is 21.6 Å². The summed E-state index contributed by atoms with van der Waals surface area (Å²) in [6.07, 6.45) is 0.844. The van der Waals surface area contributed by atoms with E-state index >= 15 is 0 Å². The number of benzene rings is 1. The van der Waals surface area contributed by atoms with Crippen molar-refractivity contribution in [2.75, 3.05) is 0 Å². The van der Waals surface area contributed by atoms with Crippen LogP contribution in [-0.2, 0) is 13.0 Å². The number of aryl methyl sites for hydroxylation is 4. The minimum Gasteiger partial charge on any atom is -0.296 e. The van der Waals surface area contributed by atoms with Crippen LogP contribution in [0.5, 0.6) is 0 Å². The van der Waals surface area contributed by atoms with Crippen LogP contribution in [0.15, 0.2) is 35.1 Å². The Hall–Kier alpha value is -1.94. The summed E-state index contributed by atoms with van der Waals surface area (Å²) < 4.78 is 1.80. The first-order valence-electron chi connectivity index (χ1n) is 7.09. The first-order chi connectivity index (χ1) is 10.1. The minimum atomic E-state index is 0.0929. The van der Waals surface area contributed by atoms with Gasteiger partial charge in [0.25, 0.3) is 5.56 Å². The highest BCUT2D eigenvalue weighted by Crippen LogP contribution is 2.26. The zero-order valence-electron chi connectivity index (χ0n) is 12.5. The SMILES string of the molecule is Cc1sc2nc(C)n(CCc3ccccc3)c(=O)c2c1C. The van der Waals surface area contributed by atoms with Crippen LogP contribution in [0, 0.1) is 20.8 Å². The average Bonchev–Trinajstić information content (AvgIpc) is 2.74. The predicted octanol–water partition coefficient (Wildman–Crippen LogP) is 3.63. The van der Waals surface area contributed by atoms with Crippen molar-refractivity contribution in [3.63, 3.8) is 0 Å². The molecular weight excluding hydrogens is 280 g/mol. The summed E-state index contributed by atoms with van der Waals surface area (Å²) in [4.78, 5) is 19.4. The molecule has 0 fully saturated rings. The quantitative estimate of drug-likeness (QED) is 0.740. The van der Waals surface area contributed by atoms with Crippen LogP contribution in [0.4, 0.5) is 0 Å². The lowest BCUT2D eigenvalue weighted by Crippen LogP contribution is -2.24. The smallest absolute Gasteiger partial charge is 0.262 e. The Balaban J connectivity index is 2.02. The van der Waals surface area contributed by atoms with Gasteiger partial charge in [-0.05, 0) is 38.3 Å². The zero-order valence-corrected chi connectivity index (χ0v) is 13.3. The highest BCUT2D eigenvalue weighted by Gasteiger charge is 2.14. The van der Waals surface area contributed by atoms with Gasteiger partial charge >= 0.3 is 0 Å². The summed E-state index contributed by atoms with van der Waals surface area (Å²) in [5.74, 6) is 0.796. The second-order valence-corrected chi connectivity index (χ2v) is 6.52. The maximum absolute atomic E-state index is 12.7. The van der Waals surface area contributed by atoms with Gasteiger partial charge in [-0.15, -0.1) is 11.3 Å². The molecular formula is C17H18N2OS. The number of hydrogen-bond donors (Lipinski definition) is 0. The topological polar surface area (TPSA) is 34.9 Å². The summed E-state index contributed by atoms with van der Waals surface area (Å²) in [7, 11) is 0. The number of fused-ring (bicyclic) bond motifs is 1. The van der Waals surface area contributed by atoms with E-state index in [2.05, 4.69) is 17.1 Å². The molecule has 0 radical (unpaired) electrons. The van der Waals surface area contributed by atoms with E-state index in [0.29, 0.717) is 6.54 Å².